The highest BCUT2D eigenvalue weighted by atomic mass is 19.1. The van der Waals surface area contributed by atoms with Crippen LogP contribution in [0.1, 0.15) is 17.3 Å². The van der Waals surface area contributed by atoms with E-state index in [0.717, 1.165) is 6.20 Å². The van der Waals surface area contributed by atoms with Crippen LogP contribution in [0.2, 0.25) is 0 Å². The van der Waals surface area contributed by atoms with Crippen LogP contribution in [-0.2, 0) is 0 Å². The van der Waals surface area contributed by atoms with Crippen molar-refractivity contribution in [3.05, 3.63) is 60.1 Å². The summed E-state index contributed by atoms with van der Waals surface area (Å²) in [6.07, 6.45) is 3.93. The van der Waals surface area contributed by atoms with E-state index in [1.54, 1.807) is 0 Å². The first-order valence-electron chi connectivity index (χ1n) is 6.26. The zero-order valence-corrected chi connectivity index (χ0v) is 11.1. The lowest BCUT2D eigenvalue weighted by Crippen LogP contribution is -2.00. The average molecular weight is 284 g/mol. The predicted molar refractivity (Wildman–Crippen MR) is 74.9 cm³/mol. The Morgan fingerprint density at radius 1 is 1.05 bits per heavy atom. The Hall–Kier alpha value is -2.69. The van der Waals surface area contributed by atoms with Crippen molar-refractivity contribution in [3.8, 4) is 11.1 Å². The van der Waals surface area contributed by atoms with E-state index < -0.39 is 11.6 Å². The molecule has 3 aromatic rings. The molecule has 2 aromatic heterocycles. The summed E-state index contributed by atoms with van der Waals surface area (Å²) in [7, 11) is 0. The molecule has 0 aliphatic carbocycles. The van der Waals surface area contributed by atoms with Gasteiger partial charge in [-0.05, 0) is 25.1 Å². The molecule has 0 unspecified atom stereocenters. The number of nitrogens with zero attached hydrogens (tertiary/aromatic N) is 2. The standard InChI is InChI=1S/C16H10F2N2O/c1-9(21)14-8-20-15-5-11(17)2-3-13(15)16(14)10-4-12(18)7-19-6-10/h2-8H,1H3. The zero-order valence-electron chi connectivity index (χ0n) is 11.1. The number of pyridine rings is 2. The SMILES string of the molecule is CC(=O)c1cnc2cc(F)ccc2c1-c1cncc(F)c1. The minimum absolute atomic E-state index is 0.201. The summed E-state index contributed by atoms with van der Waals surface area (Å²) >= 11 is 0. The van der Waals surface area contributed by atoms with Crippen LogP contribution in [0.4, 0.5) is 8.78 Å². The van der Waals surface area contributed by atoms with Crippen LogP contribution in [-0.4, -0.2) is 15.8 Å². The van der Waals surface area contributed by atoms with Gasteiger partial charge in [-0.3, -0.25) is 14.8 Å². The largest absolute Gasteiger partial charge is 0.294 e. The Labute approximate surface area is 119 Å². The summed E-state index contributed by atoms with van der Waals surface area (Å²) in [5.74, 6) is -1.13. The maximum atomic E-state index is 13.4. The summed E-state index contributed by atoms with van der Waals surface area (Å²) in [5, 5.41) is 0.580. The van der Waals surface area contributed by atoms with Gasteiger partial charge in [0.1, 0.15) is 11.6 Å². The number of halogens is 2. The fraction of sp³-hybridized carbons (Fsp3) is 0.0625. The van der Waals surface area contributed by atoms with Crippen LogP contribution < -0.4 is 0 Å². The van der Waals surface area contributed by atoms with Gasteiger partial charge in [-0.1, -0.05) is 0 Å². The fourth-order valence-electron chi connectivity index (χ4n) is 2.29. The average Bonchev–Trinajstić information content (AvgIpc) is 2.45. The third kappa shape index (κ3) is 2.38. The van der Waals surface area contributed by atoms with E-state index in [1.165, 1.54) is 43.6 Å². The van der Waals surface area contributed by atoms with Crippen LogP contribution in [0.5, 0.6) is 0 Å². The Balaban J connectivity index is 2.41. The van der Waals surface area contributed by atoms with Crippen molar-refractivity contribution in [3.63, 3.8) is 0 Å². The summed E-state index contributed by atoms with van der Waals surface area (Å²) in [5.41, 5.74) is 1.72. The summed E-state index contributed by atoms with van der Waals surface area (Å²) < 4.78 is 26.7. The number of benzene rings is 1. The quantitative estimate of drug-likeness (QED) is 0.673. The number of carbonyl (C=O) groups is 1. The molecule has 1 aromatic carbocycles. The molecule has 0 bridgehead atoms. The predicted octanol–water partition coefficient (Wildman–Crippen LogP) is 3.78. The molecule has 0 amide bonds. The second-order valence-corrected chi connectivity index (χ2v) is 4.66. The van der Waals surface area contributed by atoms with Gasteiger partial charge in [-0.15, -0.1) is 0 Å². The lowest BCUT2D eigenvalue weighted by Gasteiger charge is -2.11. The second-order valence-electron chi connectivity index (χ2n) is 4.66. The van der Waals surface area contributed by atoms with Gasteiger partial charge in [0.25, 0.3) is 0 Å². The third-order valence-electron chi connectivity index (χ3n) is 3.20. The van der Waals surface area contributed by atoms with Gasteiger partial charge in [0.2, 0.25) is 0 Å². The van der Waals surface area contributed by atoms with E-state index in [1.807, 2.05) is 0 Å². The molecule has 0 aliphatic rings. The molecule has 0 N–H and O–H groups in total. The maximum Gasteiger partial charge on any atom is 0.161 e. The first-order chi connectivity index (χ1) is 10.1. The molecular weight excluding hydrogens is 274 g/mol. The smallest absolute Gasteiger partial charge is 0.161 e. The van der Waals surface area contributed by atoms with E-state index >= 15 is 0 Å². The topological polar surface area (TPSA) is 42.9 Å². The van der Waals surface area contributed by atoms with Crippen LogP contribution in [0.3, 0.4) is 0 Å². The molecule has 0 spiro atoms. The van der Waals surface area contributed by atoms with Crippen LogP contribution in [0.25, 0.3) is 22.0 Å². The molecule has 2 heterocycles. The van der Waals surface area contributed by atoms with Crippen LogP contribution >= 0.6 is 0 Å². The van der Waals surface area contributed by atoms with E-state index in [0.29, 0.717) is 27.6 Å². The molecule has 0 aliphatic heterocycles. The number of carbonyl (C=O) groups excluding carboxylic acids is 1. The number of ketones is 1. The molecule has 21 heavy (non-hydrogen) atoms. The van der Waals surface area contributed by atoms with E-state index in [-0.39, 0.29) is 5.78 Å². The Morgan fingerprint density at radius 3 is 2.57 bits per heavy atom. The summed E-state index contributed by atoms with van der Waals surface area (Å²) in [6.45, 7) is 1.41. The van der Waals surface area contributed by atoms with Gasteiger partial charge < -0.3 is 0 Å². The molecule has 0 fully saturated rings. The van der Waals surface area contributed by atoms with Crippen molar-refractivity contribution >= 4 is 16.7 Å². The summed E-state index contributed by atoms with van der Waals surface area (Å²) in [4.78, 5) is 19.7. The van der Waals surface area contributed by atoms with Gasteiger partial charge in [0.15, 0.2) is 5.78 Å². The van der Waals surface area contributed by atoms with E-state index in [4.69, 9.17) is 0 Å². The Morgan fingerprint density at radius 2 is 1.86 bits per heavy atom. The monoisotopic (exact) mass is 284 g/mol. The molecule has 5 heteroatoms. The lowest BCUT2D eigenvalue weighted by atomic mass is 9.96. The number of rotatable bonds is 2. The minimum atomic E-state index is -0.505. The van der Waals surface area contributed by atoms with Crippen molar-refractivity contribution < 1.29 is 13.6 Å². The van der Waals surface area contributed by atoms with Gasteiger partial charge in [0, 0.05) is 40.5 Å². The maximum absolute atomic E-state index is 13.4. The molecule has 3 nitrogen and oxygen atoms in total. The Kier molecular flexibility index (Phi) is 3.17. The molecule has 0 saturated carbocycles. The van der Waals surface area contributed by atoms with Crippen molar-refractivity contribution in [2.75, 3.05) is 0 Å². The number of fused-ring (bicyclic) bond motifs is 1. The molecular formula is C16H10F2N2O. The molecule has 3 rings (SSSR count). The van der Waals surface area contributed by atoms with Crippen LogP contribution in [0.15, 0.2) is 42.9 Å². The second kappa shape index (κ2) is 5.01. The van der Waals surface area contributed by atoms with Crippen molar-refractivity contribution in [1.82, 2.24) is 9.97 Å². The van der Waals surface area contributed by atoms with Gasteiger partial charge >= 0.3 is 0 Å². The highest BCUT2D eigenvalue weighted by Crippen LogP contribution is 2.31. The van der Waals surface area contributed by atoms with Crippen molar-refractivity contribution in [2.45, 2.75) is 6.92 Å². The van der Waals surface area contributed by atoms with Crippen molar-refractivity contribution in [2.24, 2.45) is 0 Å². The number of hydrogen-bond donors (Lipinski definition) is 0. The van der Waals surface area contributed by atoms with Gasteiger partial charge in [-0.2, -0.15) is 0 Å². The highest BCUT2D eigenvalue weighted by Gasteiger charge is 2.15. The fourth-order valence-corrected chi connectivity index (χ4v) is 2.29. The molecule has 0 radical (unpaired) electrons. The van der Waals surface area contributed by atoms with Gasteiger partial charge in [0.05, 0.1) is 11.7 Å². The molecule has 0 saturated heterocycles. The first kappa shape index (κ1) is 13.3. The molecule has 0 atom stereocenters. The normalized spacial score (nSPS) is 10.8. The minimum Gasteiger partial charge on any atom is -0.294 e. The van der Waals surface area contributed by atoms with Gasteiger partial charge in [-0.25, -0.2) is 8.78 Å². The molecule has 104 valence electrons. The Bertz CT molecular complexity index is 862. The third-order valence-corrected chi connectivity index (χ3v) is 3.20. The van der Waals surface area contributed by atoms with Crippen molar-refractivity contribution in [1.29, 1.82) is 0 Å². The number of hydrogen-bond acceptors (Lipinski definition) is 3. The number of aromatic nitrogens is 2. The van der Waals surface area contributed by atoms with E-state index in [2.05, 4.69) is 9.97 Å². The first-order valence-corrected chi connectivity index (χ1v) is 6.26. The zero-order chi connectivity index (χ0) is 15.0. The summed E-state index contributed by atoms with van der Waals surface area (Å²) in [6, 6.07) is 5.38. The highest BCUT2D eigenvalue weighted by molar-refractivity contribution is 6.08. The van der Waals surface area contributed by atoms with E-state index in [9.17, 15) is 13.6 Å². The lowest BCUT2D eigenvalue weighted by molar-refractivity contribution is 0.101. The number of Topliss-reactive ketones (excluding diaryl/α,β-unsaturated/α-hetero) is 1. The van der Waals surface area contributed by atoms with Crippen LogP contribution in [0, 0.1) is 11.6 Å².